The average molecular weight is 363 g/mol. The van der Waals surface area contributed by atoms with Crippen LogP contribution in [0.3, 0.4) is 0 Å². The van der Waals surface area contributed by atoms with Gasteiger partial charge in [0.2, 0.25) is 0 Å². The van der Waals surface area contributed by atoms with Crippen LogP contribution in [-0.4, -0.2) is 22.5 Å². The Hall–Kier alpha value is -1.13. The minimum Gasteiger partial charge on any atom is -0.358 e. The smallest absolute Gasteiger partial charge is 0.194 e. The van der Waals surface area contributed by atoms with Crippen molar-refractivity contribution in [2.24, 2.45) is 0 Å². The third-order valence-corrected chi connectivity index (χ3v) is 5.35. The van der Waals surface area contributed by atoms with Crippen LogP contribution in [0.25, 0.3) is 10.9 Å². The van der Waals surface area contributed by atoms with Crippen molar-refractivity contribution in [1.82, 2.24) is 9.88 Å². The number of nitrogens with one attached hydrogen (secondary N) is 1. The van der Waals surface area contributed by atoms with Gasteiger partial charge < -0.3 is 4.98 Å². The van der Waals surface area contributed by atoms with Crippen LogP contribution in [0, 0.1) is 6.92 Å². The largest absolute Gasteiger partial charge is 0.358 e. The lowest BCUT2D eigenvalue weighted by molar-refractivity contribution is 0.135. The normalized spacial score (nSPS) is 19.7. The SMILES string of the molecule is CC[C@H]1CCCCN1Cc1c(C)[nH]c2ccc(Br)cc2c1=O. The van der Waals surface area contributed by atoms with Crippen molar-refractivity contribution >= 4 is 26.8 Å². The molecule has 0 bridgehead atoms. The molecule has 0 saturated carbocycles. The average Bonchev–Trinajstić information content (AvgIpc) is 2.52. The summed E-state index contributed by atoms with van der Waals surface area (Å²) < 4.78 is 0.949. The molecular weight excluding hydrogens is 340 g/mol. The lowest BCUT2D eigenvalue weighted by atomic mass is 9.98. The number of nitrogens with zero attached hydrogens (tertiary/aromatic N) is 1. The predicted molar refractivity (Wildman–Crippen MR) is 95.3 cm³/mol. The Morgan fingerprint density at radius 1 is 1.36 bits per heavy atom. The van der Waals surface area contributed by atoms with Gasteiger partial charge in [-0.15, -0.1) is 0 Å². The van der Waals surface area contributed by atoms with Gasteiger partial charge in [-0.25, -0.2) is 0 Å². The zero-order valence-corrected chi connectivity index (χ0v) is 14.9. The number of rotatable bonds is 3. The molecule has 1 aromatic heterocycles. The van der Waals surface area contributed by atoms with Crippen molar-refractivity contribution in [1.29, 1.82) is 0 Å². The standard InChI is InChI=1S/C18H23BrN2O/c1-3-14-6-4-5-9-21(14)11-16-12(2)20-17-8-7-13(19)10-15(17)18(16)22/h7-8,10,14H,3-6,9,11H2,1-2H3,(H,20,22)/t14-/m0/s1. The molecule has 2 aromatic rings. The molecule has 0 aliphatic carbocycles. The maximum absolute atomic E-state index is 12.9. The van der Waals surface area contributed by atoms with Crippen LogP contribution in [0.15, 0.2) is 27.5 Å². The number of aromatic amines is 1. The fourth-order valence-electron chi connectivity index (χ4n) is 3.55. The Morgan fingerprint density at radius 3 is 2.95 bits per heavy atom. The van der Waals surface area contributed by atoms with Gasteiger partial charge in [0.25, 0.3) is 0 Å². The Morgan fingerprint density at radius 2 is 2.18 bits per heavy atom. The Kier molecular flexibility index (Phi) is 4.69. The third-order valence-electron chi connectivity index (χ3n) is 4.86. The molecular formula is C18H23BrN2O. The van der Waals surface area contributed by atoms with E-state index in [1.165, 1.54) is 19.3 Å². The number of aryl methyl sites for hydroxylation is 1. The zero-order chi connectivity index (χ0) is 15.7. The number of halogens is 1. The molecule has 0 radical (unpaired) electrons. The number of piperidine rings is 1. The monoisotopic (exact) mass is 362 g/mol. The quantitative estimate of drug-likeness (QED) is 0.880. The molecule has 4 heteroatoms. The number of benzene rings is 1. The van der Waals surface area contributed by atoms with E-state index in [2.05, 4.69) is 32.7 Å². The first-order valence-electron chi connectivity index (χ1n) is 8.15. The van der Waals surface area contributed by atoms with Gasteiger partial charge in [-0.2, -0.15) is 0 Å². The summed E-state index contributed by atoms with van der Waals surface area (Å²) in [6, 6.07) is 6.47. The summed E-state index contributed by atoms with van der Waals surface area (Å²) in [6.07, 6.45) is 4.98. The Labute approximate surface area is 139 Å². The molecule has 1 saturated heterocycles. The van der Waals surface area contributed by atoms with Crippen molar-refractivity contribution in [3.05, 3.63) is 44.2 Å². The lowest BCUT2D eigenvalue weighted by Gasteiger charge is -2.35. The molecule has 3 nitrogen and oxygen atoms in total. The molecule has 2 heterocycles. The first-order valence-corrected chi connectivity index (χ1v) is 8.94. The fraction of sp³-hybridized carbons (Fsp3) is 0.500. The molecule has 1 N–H and O–H groups in total. The summed E-state index contributed by atoms with van der Waals surface area (Å²) >= 11 is 3.47. The van der Waals surface area contributed by atoms with E-state index >= 15 is 0 Å². The van der Waals surface area contributed by atoms with Gasteiger partial charge in [-0.1, -0.05) is 29.3 Å². The Balaban J connectivity index is 2.01. The first-order chi connectivity index (χ1) is 10.6. The summed E-state index contributed by atoms with van der Waals surface area (Å²) in [7, 11) is 0. The van der Waals surface area contributed by atoms with E-state index in [0.29, 0.717) is 6.04 Å². The van der Waals surface area contributed by atoms with Crippen molar-refractivity contribution in [3.8, 4) is 0 Å². The first kappa shape index (κ1) is 15.8. The summed E-state index contributed by atoms with van der Waals surface area (Å²) in [5, 5.41) is 0.778. The summed E-state index contributed by atoms with van der Waals surface area (Å²) in [6.45, 7) is 6.14. The van der Waals surface area contributed by atoms with Crippen LogP contribution < -0.4 is 5.43 Å². The molecule has 1 atom stereocenters. The topological polar surface area (TPSA) is 36.1 Å². The minimum atomic E-state index is 0.174. The molecule has 1 aliphatic heterocycles. The molecule has 118 valence electrons. The molecule has 0 amide bonds. The number of likely N-dealkylation sites (tertiary alicyclic amines) is 1. The maximum atomic E-state index is 12.9. The summed E-state index contributed by atoms with van der Waals surface area (Å²) in [5.41, 5.74) is 3.01. The number of aromatic nitrogens is 1. The van der Waals surface area contributed by atoms with Crippen LogP contribution in [0.2, 0.25) is 0 Å². The second-order valence-corrected chi connectivity index (χ2v) is 7.19. The van der Waals surface area contributed by atoms with E-state index in [4.69, 9.17) is 0 Å². The van der Waals surface area contributed by atoms with Crippen molar-refractivity contribution in [2.45, 2.75) is 52.1 Å². The van der Waals surface area contributed by atoms with Gasteiger partial charge in [0.05, 0.1) is 0 Å². The van der Waals surface area contributed by atoms with Crippen LogP contribution in [0.4, 0.5) is 0 Å². The van der Waals surface area contributed by atoms with Crippen LogP contribution >= 0.6 is 15.9 Å². The highest BCUT2D eigenvalue weighted by Gasteiger charge is 2.22. The summed E-state index contributed by atoms with van der Waals surface area (Å²) in [5.74, 6) is 0. The number of hydrogen-bond donors (Lipinski definition) is 1. The van der Waals surface area contributed by atoms with E-state index in [1.54, 1.807) is 0 Å². The van der Waals surface area contributed by atoms with E-state index < -0.39 is 0 Å². The predicted octanol–water partition coefficient (Wildman–Crippen LogP) is 4.36. The third kappa shape index (κ3) is 2.99. The van der Waals surface area contributed by atoms with Crippen LogP contribution in [0.5, 0.6) is 0 Å². The molecule has 1 fully saturated rings. The number of fused-ring (bicyclic) bond motifs is 1. The highest BCUT2D eigenvalue weighted by Crippen LogP contribution is 2.23. The molecule has 0 unspecified atom stereocenters. The van der Waals surface area contributed by atoms with Gasteiger partial charge >= 0.3 is 0 Å². The highest BCUT2D eigenvalue weighted by atomic mass is 79.9. The van der Waals surface area contributed by atoms with Crippen molar-refractivity contribution in [2.75, 3.05) is 6.54 Å². The van der Waals surface area contributed by atoms with E-state index in [-0.39, 0.29) is 5.43 Å². The van der Waals surface area contributed by atoms with Gasteiger partial charge in [0.15, 0.2) is 5.43 Å². The molecule has 1 aromatic carbocycles. The summed E-state index contributed by atoms with van der Waals surface area (Å²) in [4.78, 5) is 18.8. The highest BCUT2D eigenvalue weighted by molar-refractivity contribution is 9.10. The lowest BCUT2D eigenvalue weighted by Crippen LogP contribution is -2.39. The molecule has 3 rings (SSSR count). The molecule has 0 spiro atoms. The number of hydrogen-bond acceptors (Lipinski definition) is 2. The van der Waals surface area contributed by atoms with Crippen molar-refractivity contribution in [3.63, 3.8) is 0 Å². The van der Waals surface area contributed by atoms with Crippen molar-refractivity contribution < 1.29 is 0 Å². The van der Waals surface area contributed by atoms with E-state index in [1.807, 2.05) is 25.1 Å². The van der Waals surface area contributed by atoms with Gasteiger partial charge in [0, 0.05) is 39.2 Å². The van der Waals surface area contributed by atoms with Gasteiger partial charge in [-0.05, 0) is 50.9 Å². The molecule has 22 heavy (non-hydrogen) atoms. The zero-order valence-electron chi connectivity index (χ0n) is 13.3. The second kappa shape index (κ2) is 6.55. The maximum Gasteiger partial charge on any atom is 0.194 e. The number of pyridine rings is 1. The molecule has 1 aliphatic rings. The van der Waals surface area contributed by atoms with Crippen LogP contribution in [0.1, 0.15) is 43.9 Å². The number of H-pyrrole nitrogens is 1. The van der Waals surface area contributed by atoms with E-state index in [9.17, 15) is 4.79 Å². The fourth-order valence-corrected chi connectivity index (χ4v) is 3.91. The van der Waals surface area contributed by atoms with Gasteiger partial charge in [-0.3, -0.25) is 9.69 Å². The van der Waals surface area contributed by atoms with Gasteiger partial charge in [0.1, 0.15) is 0 Å². The second-order valence-electron chi connectivity index (χ2n) is 6.28. The van der Waals surface area contributed by atoms with Crippen LogP contribution in [-0.2, 0) is 6.54 Å². The minimum absolute atomic E-state index is 0.174. The Bertz CT molecular complexity index is 738. The van der Waals surface area contributed by atoms with E-state index in [0.717, 1.165) is 46.1 Å².